The maximum Gasteiger partial charge on any atom is 0.207 e. The van der Waals surface area contributed by atoms with E-state index >= 15 is 0 Å². The van der Waals surface area contributed by atoms with Crippen LogP contribution in [0.5, 0.6) is 0 Å². The summed E-state index contributed by atoms with van der Waals surface area (Å²) in [6.07, 6.45) is 1.99. The molecular weight excluding hydrogens is 198 g/mol. The first-order chi connectivity index (χ1) is 7.79. The average Bonchev–Trinajstić information content (AvgIpc) is 2.30. The summed E-state index contributed by atoms with van der Waals surface area (Å²) in [6, 6.07) is 14.3. The highest BCUT2D eigenvalue weighted by molar-refractivity contribution is 5.21. The molecule has 2 aromatic rings. The fraction of sp³-hybridized carbons (Fsp3) is 0.214. The summed E-state index contributed by atoms with van der Waals surface area (Å²) in [7, 11) is 0. The minimum atomic E-state index is 0.0760. The topological polar surface area (TPSA) is 24.1 Å². The van der Waals surface area contributed by atoms with Crippen LogP contribution >= 0.6 is 0 Å². The fourth-order valence-corrected chi connectivity index (χ4v) is 1.82. The molecule has 0 unspecified atom stereocenters. The molecule has 1 N–H and O–H groups in total. The summed E-state index contributed by atoms with van der Waals surface area (Å²) >= 11 is 0. The maximum absolute atomic E-state index is 9.23. The molecule has 0 bridgehead atoms. The van der Waals surface area contributed by atoms with E-state index in [2.05, 4.69) is 35.8 Å². The third-order valence-corrected chi connectivity index (χ3v) is 2.63. The van der Waals surface area contributed by atoms with Crippen LogP contribution in [0.4, 0.5) is 0 Å². The van der Waals surface area contributed by atoms with Gasteiger partial charge in [-0.15, -0.1) is 0 Å². The van der Waals surface area contributed by atoms with Gasteiger partial charge in [-0.05, 0) is 13.0 Å². The van der Waals surface area contributed by atoms with Gasteiger partial charge in [-0.1, -0.05) is 29.8 Å². The van der Waals surface area contributed by atoms with Crippen molar-refractivity contribution in [1.29, 1.82) is 0 Å². The molecule has 2 nitrogen and oxygen atoms in total. The highest BCUT2D eigenvalue weighted by Gasteiger charge is 2.08. The molecular formula is C14H16NO+. The molecule has 16 heavy (non-hydrogen) atoms. The van der Waals surface area contributed by atoms with Crippen molar-refractivity contribution in [2.75, 3.05) is 0 Å². The van der Waals surface area contributed by atoms with Gasteiger partial charge in [-0.25, -0.2) is 0 Å². The van der Waals surface area contributed by atoms with E-state index < -0.39 is 0 Å². The zero-order chi connectivity index (χ0) is 11.4. The van der Waals surface area contributed by atoms with Crippen LogP contribution in [-0.2, 0) is 13.2 Å². The molecule has 0 radical (unpaired) electrons. The van der Waals surface area contributed by atoms with Crippen molar-refractivity contribution in [3.63, 3.8) is 0 Å². The number of aromatic nitrogens is 1. The van der Waals surface area contributed by atoms with Gasteiger partial charge in [0.1, 0.15) is 6.61 Å². The zero-order valence-corrected chi connectivity index (χ0v) is 9.43. The first-order valence-electron chi connectivity index (χ1n) is 5.43. The maximum atomic E-state index is 9.23. The Hall–Kier alpha value is -1.67. The van der Waals surface area contributed by atoms with Crippen LogP contribution in [0.15, 0.2) is 48.7 Å². The molecule has 2 rings (SSSR count). The predicted molar refractivity (Wildman–Crippen MR) is 62.8 cm³/mol. The average molecular weight is 214 g/mol. The van der Waals surface area contributed by atoms with Crippen LogP contribution in [-0.4, -0.2) is 5.11 Å². The number of hydrogen-bond donors (Lipinski definition) is 1. The summed E-state index contributed by atoms with van der Waals surface area (Å²) in [6.45, 7) is 2.97. The molecule has 0 aliphatic carbocycles. The molecule has 0 fully saturated rings. The minimum Gasteiger partial charge on any atom is -0.385 e. The lowest BCUT2D eigenvalue weighted by Gasteiger charge is -2.02. The van der Waals surface area contributed by atoms with Crippen molar-refractivity contribution in [3.05, 3.63) is 65.5 Å². The molecule has 1 aromatic carbocycles. The van der Waals surface area contributed by atoms with E-state index in [0.29, 0.717) is 0 Å². The third kappa shape index (κ3) is 2.47. The van der Waals surface area contributed by atoms with Crippen molar-refractivity contribution in [3.8, 4) is 0 Å². The van der Waals surface area contributed by atoms with Gasteiger partial charge < -0.3 is 5.11 Å². The normalized spacial score (nSPS) is 10.4. The molecule has 0 amide bonds. The Kier molecular flexibility index (Phi) is 3.32. The van der Waals surface area contributed by atoms with Gasteiger partial charge in [0.2, 0.25) is 5.69 Å². The smallest absolute Gasteiger partial charge is 0.207 e. The summed E-state index contributed by atoms with van der Waals surface area (Å²) in [4.78, 5) is 0. The largest absolute Gasteiger partial charge is 0.385 e. The Bertz CT molecular complexity index is 480. The van der Waals surface area contributed by atoms with E-state index in [-0.39, 0.29) is 6.61 Å². The van der Waals surface area contributed by atoms with Crippen LogP contribution in [0.3, 0.4) is 0 Å². The predicted octanol–water partition coefficient (Wildman–Crippen LogP) is 1.82. The molecule has 82 valence electrons. The van der Waals surface area contributed by atoms with Crippen molar-refractivity contribution in [2.45, 2.75) is 20.1 Å². The molecule has 0 saturated carbocycles. The van der Waals surface area contributed by atoms with E-state index in [1.165, 1.54) is 11.1 Å². The van der Waals surface area contributed by atoms with Crippen molar-refractivity contribution in [2.24, 2.45) is 0 Å². The van der Waals surface area contributed by atoms with Gasteiger partial charge >= 0.3 is 0 Å². The minimum absolute atomic E-state index is 0.0760. The number of benzene rings is 1. The second-order valence-electron chi connectivity index (χ2n) is 3.97. The molecule has 2 heteroatoms. The molecule has 0 saturated heterocycles. The molecule has 0 spiro atoms. The number of nitrogens with zero attached hydrogens (tertiary/aromatic N) is 1. The van der Waals surface area contributed by atoms with Gasteiger partial charge in [0.15, 0.2) is 12.7 Å². The Morgan fingerprint density at radius 2 is 2.00 bits per heavy atom. The van der Waals surface area contributed by atoms with Gasteiger partial charge in [-0.3, -0.25) is 0 Å². The number of pyridine rings is 1. The Balaban J connectivity index is 2.26. The Morgan fingerprint density at radius 3 is 2.75 bits per heavy atom. The van der Waals surface area contributed by atoms with Crippen molar-refractivity contribution < 1.29 is 9.67 Å². The SMILES string of the molecule is Cc1cccc(C[n+]2ccccc2CO)c1. The van der Waals surface area contributed by atoms with E-state index in [0.717, 1.165) is 12.2 Å². The third-order valence-electron chi connectivity index (χ3n) is 2.63. The quantitative estimate of drug-likeness (QED) is 0.774. The summed E-state index contributed by atoms with van der Waals surface area (Å²) < 4.78 is 2.06. The van der Waals surface area contributed by atoms with E-state index in [9.17, 15) is 5.11 Å². The highest BCUT2D eigenvalue weighted by atomic mass is 16.3. The number of aryl methyl sites for hydroxylation is 1. The van der Waals surface area contributed by atoms with Gasteiger partial charge in [0, 0.05) is 17.7 Å². The monoisotopic (exact) mass is 214 g/mol. The van der Waals surface area contributed by atoms with E-state index in [1.807, 2.05) is 24.4 Å². The second-order valence-corrected chi connectivity index (χ2v) is 3.97. The van der Waals surface area contributed by atoms with Crippen molar-refractivity contribution in [1.82, 2.24) is 0 Å². The molecule has 1 heterocycles. The van der Waals surface area contributed by atoms with Gasteiger partial charge in [-0.2, -0.15) is 4.57 Å². The molecule has 0 aliphatic heterocycles. The Labute approximate surface area is 95.8 Å². The van der Waals surface area contributed by atoms with Crippen LogP contribution in [0, 0.1) is 6.92 Å². The lowest BCUT2D eigenvalue weighted by atomic mass is 10.1. The van der Waals surface area contributed by atoms with Gasteiger partial charge in [0.05, 0.1) is 0 Å². The number of aliphatic hydroxyl groups excluding tert-OH is 1. The number of rotatable bonds is 3. The van der Waals surface area contributed by atoms with Gasteiger partial charge in [0.25, 0.3) is 0 Å². The number of hydrogen-bond acceptors (Lipinski definition) is 1. The lowest BCUT2D eigenvalue weighted by Crippen LogP contribution is -2.38. The van der Waals surface area contributed by atoms with Crippen LogP contribution in [0.25, 0.3) is 0 Å². The summed E-state index contributed by atoms with van der Waals surface area (Å²) in [5.41, 5.74) is 3.45. The molecule has 0 aliphatic rings. The molecule has 1 aromatic heterocycles. The summed E-state index contributed by atoms with van der Waals surface area (Å²) in [5.74, 6) is 0. The molecule has 0 atom stereocenters. The van der Waals surface area contributed by atoms with Crippen LogP contribution in [0.1, 0.15) is 16.8 Å². The standard InChI is InChI=1S/C14H16NO/c1-12-5-4-6-13(9-12)10-15-8-3-2-7-14(15)11-16/h2-9,16H,10-11H2,1H3/q+1. The van der Waals surface area contributed by atoms with Crippen molar-refractivity contribution >= 4 is 0 Å². The van der Waals surface area contributed by atoms with E-state index in [1.54, 1.807) is 0 Å². The highest BCUT2D eigenvalue weighted by Crippen LogP contribution is 2.04. The first kappa shape index (κ1) is 10.8. The van der Waals surface area contributed by atoms with Crippen LogP contribution < -0.4 is 4.57 Å². The summed E-state index contributed by atoms with van der Waals surface area (Å²) in [5, 5.41) is 9.23. The van der Waals surface area contributed by atoms with E-state index in [4.69, 9.17) is 0 Å². The Morgan fingerprint density at radius 1 is 1.12 bits per heavy atom. The zero-order valence-electron chi connectivity index (χ0n) is 9.43. The second kappa shape index (κ2) is 4.90. The first-order valence-corrected chi connectivity index (χ1v) is 5.43. The van der Waals surface area contributed by atoms with Crippen LogP contribution in [0.2, 0.25) is 0 Å². The number of aliphatic hydroxyl groups is 1. The fourth-order valence-electron chi connectivity index (χ4n) is 1.82. The lowest BCUT2D eigenvalue weighted by molar-refractivity contribution is -0.697.